The lowest BCUT2D eigenvalue weighted by Gasteiger charge is -2.03. The van der Waals surface area contributed by atoms with Crippen LogP contribution in [0.15, 0.2) is 48.8 Å². The SMILES string of the molecule is Cl.O=C(Nc1ccccc1)n1cccn1. The number of halogens is 1. The predicted octanol–water partition coefficient (Wildman–Crippen LogP) is 2.39. The van der Waals surface area contributed by atoms with Crippen LogP contribution in [-0.2, 0) is 0 Å². The molecule has 4 nitrogen and oxygen atoms in total. The largest absolute Gasteiger partial charge is 0.346 e. The molecule has 0 aliphatic rings. The number of para-hydroxylation sites is 1. The van der Waals surface area contributed by atoms with Crippen molar-refractivity contribution < 1.29 is 4.79 Å². The maximum atomic E-state index is 11.5. The molecule has 15 heavy (non-hydrogen) atoms. The number of amides is 1. The highest BCUT2D eigenvalue weighted by molar-refractivity contribution is 5.90. The number of nitrogens with one attached hydrogen (secondary N) is 1. The zero-order valence-electron chi connectivity index (χ0n) is 7.83. The van der Waals surface area contributed by atoms with Crippen LogP contribution in [0.1, 0.15) is 0 Å². The van der Waals surface area contributed by atoms with Gasteiger partial charge in [-0.05, 0) is 18.2 Å². The van der Waals surface area contributed by atoms with Crippen LogP contribution in [0.2, 0.25) is 0 Å². The molecular formula is C10H10ClN3O. The van der Waals surface area contributed by atoms with Gasteiger partial charge < -0.3 is 5.32 Å². The van der Waals surface area contributed by atoms with E-state index in [1.165, 1.54) is 4.68 Å². The number of aromatic nitrogens is 2. The molecule has 0 spiro atoms. The lowest BCUT2D eigenvalue weighted by Crippen LogP contribution is -2.19. The molecule has 1 aromatic carbocycles. The van der Waals surface area contributed by atoms with Crippen molar-refractivity contribution in [2.75, 3.05) is 5.32 Å². The zero-order valence-corrected chi connectivity index (χ0v) is 8.65. The number of nitrogens with zero attached hydrogens (tertiary/aromatic N) is 2. The van der Waals surface area contributed by atoms with Crippen molar-refractivity contribution in [2.24, 2.45) is 0 Å². The molecule has 1 amide bonds. The zero-order chi connectivity index (χ0) is 9.80. The van der Waals surface area contributed by atoms with Crippen molar-refractivity contribution in [3.05, 3.63) is 48.8 Å². The summed E-state index contributed by atoms with van der Waals surface area (Å²) in [5, 5.41) is 6.52. The smallest absolute Gasteiger partial charge is 0.306 e. The Morgan fingerprint density at radius 2 is 1.93 bits per heavy atom. The molecule has 1 aromatic heterocycles. The van der Waals surface area contributed by atoms with Crippen molar-refractivity contribution in [1.29, 1.82) is 0 Å². The summed E-state index contributed by atoms with van der Waals surface area (Å²) in [4.78, 5) is 11.5. The second kappa shape index (κ2) is 5.17. The summed E-state index contributed by atoms with van der Waals surface area (Å²) in [5.41, 5.74) is 0.757. The average Bonchev–Trinajstić information content (AvgIpc) is 2.72. The topological polar surface area (TPSA) is 46.9 Å². The van der Waals surface area contributed by atoms with Crippen molar-refractivity contribution in [3.8, 4) is 0 Å². The van der Waals surface area contributed by atoms with Gasteiger partial charge in [0.05, 0.1) is 0 Å². The second-order valence-electron chi connectivity index (χ2n) is 2.75. The quantitative estimate of drug-likeness (QED) is 0.807. The van der Waals surface area contributed by atoms with Gasteiger partial charge in [0.2, 0.25) is 0 Å². The van der Waals surface area contributed by atoms with Crippen LogP contribution in [0.25, 0.3) is 0 Å². The third-order valence-electron chi connectivity index (χ3n) is 1.74. The summed E-state index contributed by atoms with van der Waals surface area (Å²) in [6.07, 6.45) is 3.16. The summed E-state index contributed by atoms with van der Waals surface area (Å²) >= 11 is 0. The molecule has 1 heterocycles. The minimum Gasteiger partial charge on any atom is -0.306 e. The fourth-order valence-corrected chi connectivity index (χ4v) is 1.09. The molecule has 0 unspecified atom stereocenters. The Kier molecular flexibility index (Phi) is 3.88. The normalized spacial score (nSPS) is 9.07. The Morgan fingerprint density at radius 1 is 1.20 bits per heavy atom. The van der Waals surface area contributed by atoms with Gasteiger partial charge in [0.15, 0.2) is 0 Å². The van der Waals surface area contributed by atoms with Gasteiger partial charge in [0.1, 0.15) is 0 Å². The molecule has 78 valence electrons. The van der Waals surface area contributed by atoms with E-state index in [-0.39, 0.29) is 18.4 Å². The highest BCUT2D eigenvalue weighted by atomic mass is 35.5. The summed E-state index contributed by atoms with van der Waals surface area (Å²) in [6, 6.07) is 10.7. The lowest BCUT2D eigenvalue weighted by molar-refractivity contribution is 0.251. The van der Waals surface area contributed by atoms with Gasteiger partial charge in [-0.2, -0.15) is 9.78 Å². The van der Waals surface area contributed by atoms with E-state index in [0.717, 1.165) is 5.69 Å². The molecule has 5 heteroatoms. The summed E-state index contributed by atoms with van der Waals surface area (Å²) in [5.74, 6) is 0. The number of anilines is 1. The van der Waals surface area contributed by atoms with E-state index >= 15 is 0 Å². The molecule has 0 radical (unpaired) electrons. The summed E-state index contributed by atoms with van der Waals surface area (Å²) < 4.78 is 1.24. The number of hydrogen-bond acceptors (Lipinski definition) is 2. The Bertz CT molecular complexity index is 413. The van der Waals surface area contributed by atoms with Gasteiger partial charge in [0, 0.05) is 18.1 Å². The highest BCUT2D eigenvalue weighted by Crippen LogP contribution is 2.05. The van der Waals surface area contributed by atoms with E-state index in [0.29, 0.717) is 0 Å². The Hall–Kier alpha value is -1.81. The van der Waals surface area contributed by atoms with E-state index in [2.05, 4.69) is 10.4 Å². The first-order valence-electron chi connectivity index (χ1n) is 4.22. The number of carbonyl (C=O) groups excluding carboxylic acids is 1. The predicted molar refractivity (Wildman–Crippen MR) is 60.3 cm³/mol. The van der Waals surface area contributed by atoms with Gasteiger partial charge in [-0.3, -0.25) is 0 Å². The van der Waals surface area contributed by atoms with Crippen LogP contribution in [0.5, 0.6) is 0 Å². The van der Waals surface area contributed by atoms with E-state index in [1.807, 2.05) is 30.3 Å². The maximum Gasteiger partial charge on any atom is 0.346 e. The van der Waals surface area contributed by atoms with Crippen LogP contribution < -0.4 is 5.32 Å². The highest BCUT2D eigenvalue weighted by Gasteiger charge is 2.02. The first-order valence-corrected chi connectivity index (χ1v) is 4.22. The van der Waals surface area contributed by atoms with Crippen molar-refractivity contribution >= 4 is 24.1 Å². The molecular weight excluding hydrogens is 214 g/mol. The molecule has 0 fully saturated rings. The van der Waals surface area contributed by atoms with Crippen LogP contribution in [-0.4, -0.2) is 15.8 Å². The monoisotopic (exact) mass is 223 g/mol. The van der Waals surface area contributed by atoms with E-state index < -0.39 is 0 Å². The average molecular weight is 224 g/mol. The Morgan fingerprint density at radius 3 is 2.53 bits per heavy atom. The molecule has 2 aromatic rings. The molecule has 0 saturated carbocycles. The Labute approximate surface area is 93.3 Å². The minimum absolute atomic E-state index is 0. The second-order valence-corrected chi connectivity index (χ2v) is 2.75. The third-order valence-corrected chi connectivity index (χ3v) is 1.74. The first-order chi connectivity index (χ1) is 6.86. The van der Waals surface area contributed by atoms with Gasteiger partial charge in [-0.25, -0.2) is 4.79 Å². The van der Waals surface area contributed by atoms with Gasteiger partial charge in [-0.1, -0.05) is 18.2 Å². The molecule has 0 bridgehead atoms. The van der Waals surface area contributed by atoms with E-state index in [9.17, 15) is 4.79 Å². The molecule has 0 saturated heterocycles. The van der Waals surface area contributed by atoms with Crippen molar-refractivity contribution in [1.82, 2.24) is 9.78 Å². The molecule has 2 rings (SSSR count). The summed E-state index contributed by atoms with van der Waals surface area (Å²) in [6.45, 7) is 0. The van der Waals surface area contributed by atoms with Gasteiger partial charge in [0.25, 0.3) is 0 Å². The van der Waals surface area contributed by atoms with E-state index in [4.69, 9.17) is 0 Å². The van der Waals surface area contributed by atoms with Crippen molar-refractivity contribution in [2.45, 2.75) is 0 Å². The number of hydrogen-bond donors (Lipinski definition) is 1. The van der Waals surface area contributed by atoms with Crippen LogP contribution in [0.4, 0.5) is 10.5 Å². The molecule has 0 atom stereocenters. The first kappa shape index (κ1) is 11.3. The summed E-state index contributed by atoms with van der Waals surface area (Å²) in [7, 11) is 0. The minimum atomic E-state index is -0.263. The standard InChI is InChI=1S/C10H9N3O.ClH/c14-10(13-8-4-7-11-13)12-9-5-2-1-3-6-9;/h1-8H,(H,12,14);1H. The van der Waals surface area contributed by atoms with Crippen LogP contribution >= 0.6 is 12.4 Å². The van der Waals surface area contributed by atoms with E-state index in [1.54, 1.807) is 18.5 Å². The Balaban J connectivity index is 0.00000112. The lowest BCUT2D eigenvalue weighted by atomic mass is 10.3. The van der Waals surface area contributed by atoms with Crippen LogP contribution in [0.3, 0.4) is 0 Å². The third kappa shape index (κ3) is 2.82. The fourth-order valence-electron chi connectivity index (χ4n) is 1.09. The molecule has 0 aliphatic carbocycles. The molecule has 1 N–H and O–H groups in total. The van der Waals surface area contributed by atoms with Crippen LogP contribution in [0, 0.1) is 0 Å². The van der Waals surface area contributed by atoms with Gasteiger partial charge >= 0.3 is 6.03 Å². The van der Waals surface area contributed by atoms with Gasteiger partial charge in [-0.15, -0.1) is 12.4 Å². The number of carbonyl (C=O) groups is 1. The maximum absolute atomic E-state index is 11.5. The van der Waals surface area contributed by atoms with Crippen molar-refractivity contribution in [3.63, 3.8) is 0 Å². The molecule has 0 aliphatic heterocycles. The number of benzene rings is 1. The number of rotatable bonds is 1. The fraction of sp³-hybridized carbons (Fsp3) is 0.